The van der Waals surface area contributed by atoms with Gasteiger partial charge in [-0.1, -0.05) is 19.4 Å². The van der Waals surface area contributed by atoms with Gasteiger partial charge in [-0.2, -0.15) is 0 Å². The van der Waals surface area contributed by atoms with Gasteiger partial charge in [-0.15, -0.1) is 0 Å². The summed E-state index contributed by atoms with van der Waals surface area (Å²) >= 11 is 0. The van der Waals surface area contributed by atoms with Crippen molar-refractivity contribution >= 4 is 5.78 Å². The number of ketones is 1. The third-order valence-electron chi connectivity index (χ3n) is 2.41. The van der Waals surface area contributed by atoms with Crippen LogP contribution in [0.3, 0.4) is 0 Å². The van der Waals surface area contributed by atoms with E-state index in [4.69, 9.17) is 4.74 Å². The third kappa shape index (κ3) is 3.08. The first-order valence-corrected chi connectivity index (χ1v) is 5.37. The molecule has 15 heavy (non-hydrogen) atoms. The van der Waals surface area contributed by atoms with Gasteiger partial charge < -0.3 is 4.74 Å². The van der Waals surface area contributed by atoms with Crippen LogP contribution in [0.5, 0.6) is 5.75 Å². The maximum absolute atomic E-state index is 11.8. The molecule has 2 heteroatoms. The van der Waals surface area contributed by atoms with Crippen molar-refractivity contribution in [3.63, 3.8) is 0 Å². The lowest BCUT2D eigenvalue weighted by Gasteiger charge is -2.08. The fourth-order valence-electron chi connectivity index (χ4n) is 1.50. The SMILES string of the molecule is CCCCC(=O)c1ccc(C)cc1OC. The van der Waals surface area contributed by atoms with Crippen LogP contribution in [0, 0.1) is 6.92 Å². The summed E-state index contributed by atoms with van der Waals surface area (Å²) in [5.74, 6) is 0.866. The lowest BCUT2D eigenvalue weighted by Crippen LogP contribution is -2.02. The Bertz CT molecular complexity index is 342. The number of aryl methyl sites for hydroxylation is 1. The highest BCUT2D eigenvalue weighted by molar-refractivity contribution is 5.98. The van der Waals surface area contributed by atoms with Gasteiger partial charge in [-0.3, -0.25) is 4.79 Å². The molecule has 0 fully saturated rings. The number of hydrogen-bond donors (Lipinski definition) is 0. The molecule has 0 aliphatic heterocycles. The molecule has 0 amide bonds. The van der Waals surface area contributed by atoms with Gasteiger partial charge in [0.2, 0.25) is 0 Å². The molecule has 0 aliphatic rings. The molecule has 2 nitrogen and oxygen atoms in total. The minimum absolute atomic E-state index is 0.175. The zero-order valence-electron chi connectivity index (χ0n) is 9.67. The van der Waals surface area contributed by atoms with E-state index in [9.17, 15) is 4.79 Å². The van der Waals surface area contributed by atoms with E-state index in [1.165, 1.54) is 0 Å². The molecular weight excluding hydrogens is 188 g/mol. The second-order valence-electron chi connectivity index (χ2n) is 3.73. The van der Waals surface area contributed by atoms with Crippen molar-refractivity contribution in [2.45, 2.75) is 33.1 Å². The molecule has 0 heterocycles. The van der Waals surface area contributed by atoms with Crippen LogP contribution in [0.1, 0.15) is 42.1 Å². The van der Waals surface area contributed by atoms with Crippen molar-refractivity contribution < 1.29 is 9.53 Å². The second kappa shape index (κ2) is 5.54. The summed E-state index contributed by atoms with van der Waals surface area (Å²) in [4.78, 5) is 11.8. The maximum Gasteiger partial charge on any atom is 0.166 e. The monoisotopic (exact) mass is 206 g/mol. The number of benzene rings is 1. The van der Waals surface area contributed by atoms with E-state index in [-0.39, 0.29) is 5.78 Å². The van der Waals surface area contributed by atoms with E-state index in [0.717, 1.165) is 18.4 Å². The average molecular weight is 206 g/mol. The smallest absolute Gasteiger partial charge is 0.166 e. The number of Topliss-reactive ketones (excluding diaryl/α,β-unsaturated/α-hetero) is 1. The summed E-state index contributed by atoms with van der Waals surface area (Å²) in [6, 6.07) is 5.70. The predicted octanol–water partition coefficient (Wildman–Crippen LogP) is 3.38. The number of carbonyl (C=O) groups is 1. The number of rotatable bonds is 5. The minimum Gasteiger partial charge on any atom is -0.496 e. The summed E-state index contributed by atoms with van der Waals surface area (Å²) in [7, 11) is 1.60. The normalized spacial score (nSPS) is 10.1. The minimum atomic E-state index is 0.175. The largest absolute Gasteiger partial charge is 0.496 e. The van der Waals surface area contributed by atoms with Gasteiger partial charge in [0.1, 0.15) is 5.75 Å². The molecule has 0 saturated heterocycles. The number of methoxy groups -OCH3 is 1. The van der Waals surface area contributed by atoms with Crippen LogP contribution in [0.15, 0.2) is 18.2 Å². The van der Waals surface area contributed by atoms with Gasteiger partial charge in [-0.05, 0) is 31.0 Å². The molecule has 0 aliphatic carbocycles. The van der Waals surface area contributed by atoms with E-state index in [0.29, 0.717) is 17.7 Å². The van der Waals surface area contributed by atoms with Gasteiger partial charge in [0.15, 0.2) is 5.78 Å². The Kier molecular flexibility index (Phi) is 4.35. The van der Waals surface area contributed by atoms with E-state index in [2.05, 4.69) is 6.92 Å². The van der Waals surface area contributed by atoms with Crippen LogP contribution < -0.4 is 4.74 Å². The Morgan fingerprint density at radius 1 is 1.40 bits per heavy atom. The van der Waals surface area contributed by atoms with E-state index in [1.54, 1.807) is 7.11 Å². The first kappa shape index (κ1) is 11.8. The van der Waals surface area contributed by atoms with Gasteiger partial charge in [-0.25, -0.2) is 0 Å². The van der Waals surface area contributed by atoms with Crippen LogP contribution in [-0.2, 0) is 0 Å². The van der Waals surface area contributed by atoms with Crippen molar-refractivity contribution in [3.8, 4) is 5.75 Å². The molecule has 0 radical (unpaired) electrons. The number of unbranched alkanes of at least 4 members (excludes halogenated alkanes) is 1. The zero-order chi connectivity index (χ0) is 11.3. The predicted molar refractivity (Wildman–Crippen MR) is 61.6 cm³/mol. The van der Waals surface area contributed by atoms with Crippen molar-refractivity contribution in [2.75, 3.05) is 7.11 Å². The Morgan fingerprint density at radius 2 is 2.13 bits per heavy atom. The zero-order valence-corrected chi connectivity index (χ0v) is 9.67. The number of hydrogen-bond acceptors (Lipinski definition) is 2. The number of carbonyl (C=O) groups excluding carboxylic acids is 1. The highest BCUT2D eigenvalue weighted by atomic mass is 16.5. The first-order valence-electron chi connectivity index (χ1n) is 5.37. The van der Waals surface area contributed by atoms with Crippen molar-refractivity contribution in [1.82, 2.24) is 0 Å². The highest BCUT2D eigenvalue weighted by Crippen LogP contribution is 2.21. The Labute approximate surface area is 91.3 Å². The van der Waals surface area contributed by atoms with Crippen molar-refractivity contribution in [2.24, 2.45) is 0 Å². The molecule has 0 N–H and O–H groups in total. The Hall–Kier alpha value is -1.31. The summed E-state index contributed by atoms with van der Waals surface area (Å²) < 4.78 is 5.21. The van der Waals surface area contributed by atoms with Crippen molar-refractivity contribution in [1.29, 1.82) is 0 Å². The topological polar surface area (TPSA) is 26.3 Å². The maximum atomic E-state index is 11.8. The van der Waals surface area contributed by atoms with Crippen molar-refractivity contribution in [3.05, 3.63) is 29.3 Å². The quantitative estimate of drug-likeness (QED) is 0.690. The second-order valence-corrected chi connectivity index (χ2v) is 3.73. The molecule has 0 spiro atoms. The average Bonchev–Trinajstić information content (AvgIpc) is 2.25. The summed E-state index contributed by atoms with van der Waals surface area (Å²) in [5.41, 5.74) is 1.82. The lowest BCUT2D eigenvalue weighted by molar-refractivity contribution is 0.0977. The van der Waals surface area contributed by atoms with Crippen LogP contribution in [0.2, 0.25) is 0 Å². The van der Waals surface area contributed by atoms with Crippen LogP contribution in [-0.4, -0.2) is 12.9 Å². The summed E-state index contributed by atoms with van der Waals surface area (Å²) in [5, 5.41) is 0. The van der Waals surface area contributed by atoms with Gasteiger partial charge in [0, 0.05) is 6.42 Å². The van der Waals surface area contributed by atoms with Crippen LogP contribution >= 0.6 is 0 Å². The molecule has 0 atom stereocenters. The Morgan fingerprint density at radius 3 is 2.73 bits per heavy atom. The standard InChI is InChI=1S/C13H18O2/c1-4-5-6-12(14)11-8-7-10(2)9-13(11)15-3/h7-9H,4-6H2,1-3H3. The first-order chi connectivity index (χ1) is 7.19. The molecule has 1 rings (SSSR count). The fraction of sp³-hybridized carbons (Fsp3) is 0.462. The molecule has 0 saturated carbocycles. The number of ether oxygens (including phenoxy) is 1. The van der Waals surface area contributed by atoms with E-state index < -0.39 is 0 Å². The molecule has 0 aromatic heterocycles. The lowest BCUT2D eigenvalue weighted by atomic mass is 10.0. The highest BCUT2D eigenvalue weighted by Gasteiger charge is 2.11. The van der Waals surface area contributed by atoms with E-state index >= 15 is 0 Å². The molecule has 1 aromatic carbocycles. The summed E-state index contributed by atoms with van der Waals surface area (Å²) in [6.45, 7) is 4.07. The molecule has 0 unspecified atom stereocenters. The fourth-order valence-corrected chi connectivity index (χ4v) is 1.50. The van der Waals surface area contributed by atoms with Crippen LogP contribution in [0.25, 0.3) is 0 Å². The van der Waals surface area contributed by atoms with E-state index in [1.807, 2.05) is 25.1 Å². The van der Waals surface area contributed by atoms with Gasteiger partial charge in [0.25, 0.3) is 0 Å². The van der Waals surface area contributed by atoms with Gasteiger partial charge in [0.05, 0.1) is 12.7 Å². The molecular formula is C13H18O2. The summed E-state index contributed by atoms with van der Waals surface area (Å²) in [6.07, 6.45) is 2.59. The Balaban J connectivity index is 2.87. The van der Waals surface area contributed by atoms with Crippen LogP contribution in [0.4, 0.5) is 0 Å². The third-order valence-corrected chi connectivity index (χ3v) is 2.41. The molecule has 1 aromatic rings. The van der Waals surface area contributed by atoms with Gasteiger partial charge >= 0.3 is 0 Å². The molecule has 0 bridgehead atoms. The molecule has 82 valence electrons.